The summed E-state index contributed by atoms with van der Waals surface area (Å²) in [7, 11) is 0. The maximum absolute atomic E-state index is 12.0. The van der Waals surface area contributed by atoms with Gasteiger partial charge >= 0.3 is 6.36 Å². The number of hydrogen-bond acceptors (Lipinski definition) is 3. The Morgan fingerprint density at radius 3 is 2.19 bits per heavy atom. The van der Waals surface area contributed by atoms with Gasteiger partial charge in [0.2, 0.25) is 0 Å². The third kappa shape index (κ3) is 5.55. The van der Waals surface area contributed by atoms with E-state index in [1.165, 1.54) is 12.1 Å². The first-order chi connectivity index (χ1) is 9.96. The first kappa shape index (κ1) is 16.1. The molecule has 118 valence electrons. The SMILES string of the molecule is OCC1CCC(OCc2ccc(OC(F)(F)F)cc2)CC1. The van der Waals surface area contributed by atoms with Crippen molar-refractivity contribution in [1.82, 2.24) is 0 Å². The van der Waals surface area contributed by atoms with Crippen molar-refractivity contribution in [3.05, 3.63) is 29.8 Å². The second-order valence-corrected chi connectivity index (χ2v) is 5.33. The summed E-state index contributed by atoms with van der Waals surface area (Å²) in [4.78, 5) is 0. The topological polar surface area (TPSA) is 38.7 Å². The smallest absolute Gasteiger partial charge is 0.406 e. The van der Waals surface area contributed by atoms with Crippen LogP contribution in [0.5, 0.6) is 5.75 Å². The zero-order valence-electron chi connectivity index (χ0n) is 11.6. The molecular formula is C15H19F3O3. The molecule has 0 bridgehead atoms. The van der Waals surface area contributed by atoms with Crippen LogP contribution in [0.15, 0.2) is 24.3 Å². The van der Waals surface area contributed by atoms with E-state index < -0.39 is 6.36 Å². The predicted octanol–water partition coefficient (Wildman–Crippen LogP) is 3.65. The lowest BCUT2D eigenvalue weighted by atomic mass is 9.88. The fourth-order valence-electron chi connectivity index (χ4n) is 2.48. The third-order valence-corrected chi connectivity index (χ3v) is 3.69. The zero-order chi connectivity index (χ0) is 15.3. The number of aliphatic hydroxyl groups is 1. The summed E-state index contributed by atoms with van der Waals surface area (Å²) in [5, 5.41) is 9.06. The molecule has 0 unspecified atom stereocenters. The number of ether oxygens (including phenoxy) is 2. The number of alkyl halides is 3. The van der Waals surface area contributed by atoms with E-state index in [0.717, 1.165) is 31.2 Å². The first-order valence-electron chi connectivity index (χ1n) is 7.03. The normalized spacial score (nSPS) is 23.0. The molecule has 1 fully saturated rings. The van der Waals surface area contributed by atoms with Crippen molar-refractivity contribution in [3.63, 3.8) is 0 Å². The molecule has 0 amide bonds. The van der Waals surface area contributed by atoms with Gasteiger partial charge in [-0.3, -0.25) is 0 Å². The molecule has 1 aromatic rings. The van der Waals surface area contributed by atoms with Crippen LogP contribution in [0.25, 0.3) is 0 Å². The van der Waals surface area contributed by atoms with Gasteiger partial charge in [-0.2, -0.15) is 0 Å². The quantitative estimate of drug-likeness (QED) is 0.902. The van der Waals surface area contributed by atoms with Crippen LogP contribution in [0.2, 0.25) is 0 Å². The summed E-state index contributed by atoms with van der Waals surface area (Å²) in [6.45, 7) is 0.605. The fourth-order valence-corrected chi connectivity index (χ4v) is 2.48. The zero-order valence-corrected chi connectivity index (χ0v) is 11.6. The molecule has 21 heavy (non-hydrogen) atoms. The Bertz CT molecular complexity index is 423. The number of benzene rings is 1. The van der Waals surface area contributed by atoms with Gasteiger partial charge in [-0.15, -0.1) is 13.2 Å². The van der Waals surface area contributed by atoms with E-state index in [9.17, 15) is 13.2 Å². The molecule has 0 heterocycles. The van der Waals surface area contributed by atoms with Crippen LogP contribution in [0.3, 0.4) is 0 Å². The number of rotatable bonds is 5. The largest absolute Gasteiger partial charge is 0.573 e. The Balaban J connectivity index is 1.76. The number of hydrogen-bond donors (Lipinski definition) is 1. The van der Waals surface area contributed by atoms with Crippen molar-refractivity contribution < 1.29 is 27.8 Å². The molecule has 0 radical (unpaired) electrons. The van der Waals surface area contributed by atoms with Gasteiger partial charge in [-0.25, -0.2) is 0 Å². The average Bonchev–Trinajstić information content (AvgIpc) is 2.45. The minimum Gasteiger partial charge on any atom is -0.406 e. The highest BCUT2D eigenvalue weighted by atomic mass is 19.4. The van der Waals surface area contributed by atoms with Crippen LogP contribution >= 0.6 is 0 Å². The summed E-state index contributed by atoms with van der Waals surface area (Å²) >= 11 is 0. The molecule has 0 spiro atoms. The molecule has 2 rings (SSSR count). The van der Waals surface area contributed by atoms with Crippen LogP contribution in [-0.2, 0) is 11.3 Å². The van der Waals surface area contributed by atoms with Gasteiger partial charge in [0.05, 0.1) is 12.7 Å². The molecule has 1 aromatic carbocycles. The minimum absolute atomic E-state index is 0.166. The second-order valence-electron chi connectivity index (χ2n) is 5.33. The molecule has 0 atom stereocenters. The van der Waals surface area contributed by atoms with Crippen LogP contribution in [-0.4, -0.2) is 24.2 Å². The Labute approximate surface area is 121 Å². The summed E-state index contributed by atoms with van der Waals surface area (Å²) < 4.78 is 45.7. The second kappa shape index (κ2) is 7.13. The van der Waals surface area contributed by atoms with Crippen molar-refractivity contribution in [2.24, 2.45) is 5.92 Å². The van der Waals surface area contributed by atoms with Gasteiger partial charge in [0.1, 0.15) is 5.75 Å². The maximum Gasteiger partial charge on any atom is 0.573 e. The fraction of sp³-hybridized carbons (Fsp3) is 0.600. The van der Waals surface area contributed by atoms with Gasteiger partial charge in [0.25, 0.3) is 0 Å². The van der Waals surface area contributed by atoms with Gasteiger partial charge in [0.15, 0.2) is 0 Å². The Morgan fingerprint density at radius 2 is 1.67 bits per heavy atom. The highest BCUT2D eigenvalue weighted by Crippen LogP contribution is 2.27. The van der Waals surface area contributed by atoms with Gasteiger partial charge in [0, 0.05) is 6.61 Å². The molecule has 3 nitrogen and oxygen atoms in total. The molecule has 1 aliphatic carbocycles. The van der Waals surface area contributed by atoms with E-state index >= 15 is 0 Å². The average molecular weight is 304 g/mol. The predicted molar refractivity (Wildman–Crippen MR) is 70.7 cm³/mol. The van der Waals surface area contributed by atoms with Crippen LogP contribution in [0.1, 0.15) is 31.2 Å². The standard InChI is InChI=1S/C15H19F3O3/c16-15(17,18)21-14-7-3-12(4-8-14)10-20-13-5-1-11(9-19)2-6-13/h3-4,7-8,11,13,19H,1-2,5-6,9-10H2. The van der Waals surface area contributed by atoms with Crippen molar-refractivity contribution in [1.29, 1.82) is 0 Å². The lowest BCUT2D eigenvalue weighted by Gasteiger charge is -2.27. The van der Waals surface area contributed by atoms with Crippen LogP contribution < -0.4 is 4.74 Å². The Hall–Kier alpha value is -1.27. The van der Waals surface area contributed by atoms with E-state index in [1.807, 2.05) is 0 Å². The number of aliphatic hydroxyl groups excluding tert-OH is 1. The molecule has 0 aliphatic heterocycles. The van der Waals surface area contributed by atoms with Crippen molar-refractivity contribution in [2.75, 3.05) is 6.61 Å². The van der Waals surface area contributed by atoms with E-state index in [-0.39, 0.29) is 18.5 Å². The lowest BCUT2D eigenvalue weighted by Crippen LogP contribution is -2.23. The Morgan fingerprint density at radius 1 is 1.05 bits per heavy atom. The van der Waals surface area contributed by atoms with Crippen molar-refractivity contribution >= 4 is 0 Å². The third-order valence-electron chi connectivity index (χ3n) is 3.69. The van der Waals surface area contributed by atoms with Crippen molar-refractivity contribution in [2.45, 2.75) is 44.8 Å². The van der Waals surface area contributed by atoms with E-state index in [4.69, 9.17) is 9.84 Å². The maximum atomic E-state index is 12.0. The van der Waals surface area contributed by atoms with Crippen molar-refractivity contribution in [3.8, 4) is 5.75 Å². The van der Waals surface area contributed by atoms with Crippen LogP contribution in [0, 0.1) is 5.92 Å². The monoisotopic (exact) mass is 304 g/mol. The van der Waals surface area contributed by atoms with Gasteiger partial charge < -0.3 is 14.6 Å². The van der Waals surface area contributed by atoms with Gasteiger partial charge in [-0.05, 0) is 49.3 Å². The molecule has 1 N–H and O–H groups in total. The summed E-state index contributed by atoms with van der Waals surface area (Å²) in [5.41, 5.74) is 0.814. The van der Waals surface area contributed by atoms with Gasteiger partial charge in [-0.1, -0.05) is 12.1 Å². The summed E-state index contributed by atoms with van der Waals surface area (Å²) in [6.07, 6.45) is -0.748. The molecular weight excluding hydrogens is 285 g/mol. The Kier molecular flexibility index (Phi) is 5.47. The van der Waals surface area contributed by atoms with E-state index in [0.29, 0.717) is 12.5 Å². The number of halogens is 3. The summed E-state index contributed by atoms with van der Waals surface area (Å²) in [5.74, 6) is 0.151. The summed E-state index contributed by atoms with van der Waals surface area (Å²) in [6, 6.07) is 5.71. The van der Waals surface area contributed by atoms with Crippen LogP contribution in [0.4, 0.5) is 13.2 Å². The highest BCUT2D eigenvalue weighted by molar-refractivity contribution is 5.27. The minimum atomic E-state index is -4.66. The first-order valence-corrected chi connectivity index (χ1v) is 7.03. The molecule has 1 saturated carbocycles. The lowest BCUT2D eigenvalue weighted by molar-refractivity contribution is -0.274. The van der Waals surface area contributed by atoms with E-state index in [2.05, 4.69) is 4.74 Å². The van der Waals surface area contributed by atoms with E-state index in [1.54, 1.807) is 12.1 Å². The molecule has 6 heteroatoms. The highest BCUT2D eigenvalue weighted by Gasteiger charge is 2.31. The molecule has 0 saturated heterocycles. The molecule has 0 aromatic heterocycles. The molecule has 1 aliphatic rings.